The van der Waals surface area contributed by atoms with Gasteiger partial charge in [0.1, 0.15) is 6.20 Å². The van der Waals surface area contributed by atoms with Crippen molar-refractivity contribution in [3.05, 3.63) is 53.6 Å². The van der Waals surface area contributed by atoms with Crippen LogP contribution in [0, 0.1) is 13.5 Å². The monoisotopic (exact) mass is 195 g/mol. The lowest BCUT2D eigenvalue weighted by Gasteiger charge is -1.99. The van der Waals surface area contributed by atoms with Gasteiger partial charge in [-0.3, -0.25) is 4.98 Å². The summed E-state index contributed by atoms with van der Waals surface area (Å²) in [5, 5.41) is 0. The van der Waals surface area contributed by atoms with Gasteiger partial charge in [-0.2, -0.15) is 0 Å². The number of hydrogen-bond acceptors (Lipinski definition) is 2. The van der Waals surface area contributed by atoms with E-state index in [1.54, 1.807) is 12.3 Å². The Kier molecular flexibility index (Phi) is 2.42. The van der Waals surface area contributed by atoms with E-state index in [0.717, 1.165) is 17.0 Å². The molecule has 0 bridgehead atoms. The van der Waals surface area contributed by atoms with Crippen molar-refractivity contribution in [2.45, 2.75) is 6.92 Å². The third kappa shape index (κ3) is 2.00. The number of rotatable bonds is 1. The molecule has 72 valence electrons. The van der Waals surface area contributed by atoms with E-state index in [9.17, 15) is 0 Å². The van der Waals surface area contributed by atoms with Crippen molar-refractivity contribution >= 4 is 5.82 Å². The first-order chi connectivity index (χ1) is 7.29. The summed E-state index contributed by atoms with van der Waals surface area (Å²) in [6.07, 6.45) is 1.68. The van der Waals surface area contributed by atoms with E-state index in [1.165, 1.54) is 0 Å². The molecule has 0 saturated heterocycles. The van der Waals surface area contributed by atoms with Gasteiger partial charge in [0, 0.05) is 11.3 Å². The Bertz CT molecular complexity index is 509. The fourth-order valence-electron chi connectivity index (χ4n) is 1.31. The quantitative estimate of drug-likeness (QED) is 0.655. The topological polar surface area (TPSA) is 30.1 Å². The van der Waals surface area contributed by atoms with Crippen LogP contribution in [0.2, 0.25) is 0 Å². The Labute approximate surface area is 88.3 Å². The Hall–Kier alpha value is -2.21. The van der Waals surface area contributed by atoms with Crippen LogP contribution in [0.25, 0.3) is 16.1 Å². The van der Waals surface area contributed by atoms with E-state index < -0.39 is 0 Å². The van der Waals surface area contributed by atoms with Crippen molar-refractivity contribution in [3.63, 3.8) is 0 Å². The predicted octanol–water partition coefficient (Wildman–Crippen LogP) is 3.00. The second kappa shape index (κ2) is 3.89. The minimum atomic E-state index is 0.409. The first-order valence-corrected chi connectivity index (χ1v) is 4.57. The molecule has 0 atom stereocenters. The van der Waals surface area contributed by atoms with Gasteiger partial charge in [-0.05, 0) is 25.1 Å². The van der Waals surface area contributed by atoms with E-state index in [4.69, 9.17) is 6.57 Å². The van der Waals surface area contributed by atoms with Gasteiger partial charge >= 0.3 is 0 Å². The zero-order valence-corrected chi connectivity index (χ0v) is 8.31. The summed E-state index contributed by atoms with van der Waals surface area (Å²) in [6, 6.07) is 9.40. The first-order valence-electron chi connectivity index (χ1n) is 4.57. The first kappa shape index (κ1) is 9.35. The Morgan fingerprint density at radius 2 is 2.07 bits per heavy atom. The largest absolute Gasteiger partial charge is 0.361 e. The van der Waals surface area contributed by atoms with Crippen molar-refractivity contribution in [1.29, 1.82) is 0 Å². The molecule has 0 N–H and O–H groups in total. The number of aromatic nitrogens is 2. The maximum absolute atomic E-state index is 6.80. The SMILES string of the molecule is [C-]#[N+]c1ccc(-c2cccc(C)n2)cn1. The molecule has 0 aliphatic heterocycles. The molecule has 0 unspecified atom stereocenters. The van der Waals surface area contributed by atoms with Crippen molar-refractivity contribution in [3.8, 4) is 11.3 Å². The Morgan fingerprint density at radius 1 is 1.20 bits per heavy atom. The summed E-state index contributed by atoms with van der Waals surface area (Å²) < 4.78 is 0. The van der Waals surface area contributed by atoms with Crippen LogP contribution in [0.5, 0.6) is 0 Å². The molecule has 2 rings (SSSR count). The van der Waals surface area contributed by atoms with Gasteiger partial charge < -0.3 is 4.85 Å². The Balaban J connectivity index is 2.42. The van der Waals surface area contributed by atoms with Crippen LogP contribution >= 0.6 is 0 Å². The molecule has 0 radical (unpaired) electrons. The van der Waals surface area contributed by atoms with Crippen LogP contribution < -0.4 is 0 Å². The molecule has 2 heterocycles. The third-order valence-corrected chi connectivity index (χ3v) is 2.05. The minimum Gasteiger partial charge on any atom is -0.361 e. The summed E-state index contributed by atoms with van der Waals surface area (Å²) >= 11 is 0. The summed E-state index contributed by atoms with van der Waals surface area (Å²) in [5.74, 6) is 0.409. The van der Waals surface area contributed by atoms with Gasteiger partial charge in [0.15, 0.2) is 0 Å². The van der Waals surface area contributed by atoms with Gasteiger partial charge in [-0.25, -0.2) is 0 Å². The van der Waals surface area contributed by atoms with E-state index in [-0.39, 0.29) is 0 Å². The molecule has 0 aliphatic rings. The molecule has 0 fully saturated rings. The van der Waals surface area contributed by atoms with Crippen molar-refractivity contribution < 1.29 is 0 Å². The average molecular weight is 195 g/mol. The van der Waals surface area contributed by atoms with Crippen LogP contribution in [0.4, 0.5) is 5.82 Å². The van der Waals surface area contributed by atoms with Crippen molar-refractivity contribution in [2.24, 2.45) is 0 Å². The molecule has 0 spiro atoms. The highest BCUT2D eigenvalue weighted by Gasteiger charge is 2.01. The van der Waals surface area contributed by atoms with Crippen LogP contribution in [-0.4, -0.2) is 9.97 Å². The fourth-order valence-corrected chi connectivity index (χ4v) is 1.31. The van der Waals surface area contributed by atoms with Gasteiger partial charge in [0.25, 0.3) is 5.82 Å². The third-order valence-electron chi connectivity index (χ3n) is 2.05. The molecule has 0 amide bonds. The summed E-state index contributed by atoms with van der Waals surface area (Å²) in [6.45, 7) is 8.75. The van der Waals surface area contributed by atoms with E-state index in [2.05, 4.69) is 14.8 Å². The Morgan fingerprint density at radius 3 is 2.67 bits per heavy atom. The van der Waals surface area contributed by atoms with Gasteiger partial charge in [0.05, 0.1) is 5.69 Å². The van der Waals surface area contributed by atoms with Crippen LogP contribution in [0.15, 0.2) is 36.5 Å². The molecule has 3 nitrogen and oxygen atoms in total. The van der Waals surface area contributed by atoms with E-state index in [0.29, 0.717) is 5.82 Å². The lowest BCUT2D eigenvalue weighted by atomic mass is 10.2. The normalized spacial score (nSPS) is 9.60. The summed E-state index contributed by atoms with van der Waals surface area (Å²) in [5.41, 5.74) is 2.80. The van der Waals surface area contributed by atoms with Crippen LogP contribution in [0.1, 0.15) is 5.69 Å². The number of aryl methyl sites for hydroxylation is 1. The number of nitrogens with zero attached hydrogens (tertiary/aromatic N) is 3. The molecule has 0 saturated carbocycles. The highest BCUT2D eigenvalue weighted by atomic mass is 14.9. The molecular formula is C12H9N3. The number of pyridine rings is 2. The second-order valence-electron chi connectivity index (χ2n) is 3.18. The predicted molar refractivity (Wildman–Crippen MR) is 58.5 cm³/mol. The second-order valence-corrected chi connectivity index (χ2v) is 3.18. The highest BCUT2D eigenvalue weighted by molar-refractivity contribution is 5.59. The van der Waals surface area contributed by atoms with Gasteiger partial charge in [-0.1, -0.05) is 18.7 Å². The zero-order valence-electron chi connectivity index (χ0n) is 8.31. The molecule has 3 heteroatoms. The van der Waals surface area contributed by atoms with Crippen molar-refractivity contribution in [1.82, 2.24) is 9.97 Å². The highest BCUT2D eigenvalue weighted by Crippen LogP contribution is 2.18. The van der Waals surface area contributed by atoms with Gasteiger partial charge in [0.2, 0.25) is 0 Å². The van der Waals surface area contributed by atoms with E-state index in [1.807, 2.05) is 31.2 Å². The minimum absolute atomic E-state index is 0.409. The summed E-state index contributed by atoms with van der Waals surface area (Å²) in [7, 11) is 0. The smallest absolute Gasteiger partial charge is 0.269 e. The molecule has 15 heavy (non-hydrogen) atoms. The average Bonchev–Trinajstić information content (AvgIpc) is 2.29. The van der Waals surface area contributed by atoms with E-state index >= 15 is 0 Å². The lowest BCUT2D eigenvalue weighted by Crippen LogP contribution is -1.86. The maximum atomic E-state index is 6.80. The van der Waals surface area contributed by atoms with Crippen molar-refractivity contribution in [2.75, 3.05) is 0 Å². The number of hydrogen-bond donors (Lipinski definition) is 0. The zero-order chi connectivity index (χ0) is 10.7. The maximum Gasteiger partial charge on any atom is 0.269 e. The molecule has 0 aromatic carbocycles. The fraction of sp³-hybridized carbons (Fsp3) is 0.0833. The standard InChI is InChI=1S/C12H9N3/c1-9-4-3-5-11(15-9)10-6-7-12(13-2)14-8-10/h3-8H,1H3. The molecule has 2 aromatic heterocycles. The van der Waals surface area contributed by atoms with Crippen LogP contribution in [0.3, 0.4) is 0 Å². The lowest BCUT2D eigenvalue weighted by molar-refractivity contribution is 1.20. The van der Waals surface area contributed by atoms with Gasteiger partial charge in [-0.15, -0.1) is 4.98 Å². The van der Waals surface area contributed by atoms with Crippen LogP contribution in [-0.2, 0) is 0 Å². The molecular weight excluding hydrogens is 186 g/mol. The molecule has 0 aliphatic carbocycles. The molecule has 2 aromatic rings. The summed E-state index contributed by atoms with van der Waals surface area (Å²) in [4.78, 5) is 11.6.